The highest BCUT2D eigenvalue weighted by Gasteiger charge is 2.22. The third kappa shape index (κ3) is 5.63. The van der Waals surface area contributed by atoms with Crippen molar-refractivity contribution < 1.29 is 8.83 Å². The van der Waals surface area contributed by atoms with Crippen LogP contribution in [0.25, 0.3) is 138 Å². The largest absolute Gasteiger partial charge is 0.456 e. The molecule has 0 saturated carbocycles. The Morgan fingerprint density at radius 3 is 1.33 bits per heavy atom. The normalized spacial score (nSPS) is 12.1. The number of nitrogens with zero attached hydrogens (tertiary/aromatic N) is 4. The molecule has 6 heteroatoms. The van der Waals surface area contributed by atoms with Gasteiger partial charge in [0.1, 0.15) is 28.2 Å². The zero-order valence-corrected chi connectivity index (χ0v) is 37.0. The van der Waals surface area contributed by atoms with E-state index in [1.54, 1.807) is 0 Å². The molecule has 0 fully saturated rings. The Kier molecular flexibility index (Phi) is 7.97. The predicted molar refractivity (Wildman–Crippen MR) is 283 cm³/mol. The molecule has 5 aromatic heterocycles. The van der Waals surface area contributed by atoms with Crippen molar-refractivity contribution in [1.29, 1.82) is 0 Å². The quantitative estimate of drug-likeness (QED) is 0.167. The molecular weight excluding hydrogens is 845 g/mol. The van der Waals surface area contributed by atoms with Crippen LogP contribution in [-0.2, 0) is 0 Å². The van der Waals surface area contributed by atoms with Crippen LogP contribution in [0.5, 0.6) is 0 Å². The van der Waals surface area contributed by atoms with Gasteiger partial charge in [-0.3, -0.25) is 4.57 Å². The topological polar surface area (TPSA) is 54.0 Å². The van der Waals surface area contributed by atoms with Crippen molar-refractivity contribution >= 4 is 87.5 Å². The molecule has 0 atom stereocenters. The standard InChI is InChI=1S/C63H38N4O2/c1-2-13-39(14-3-1)63-64-33-34-65(63)62-44(40-25-29-56-50(35-40)46-15-4-8-21-54(46)66(56)42-27-31-60-52(37-42)48-17-6-10-23-58(48)68-60)19-12-20-45(62)41-26-30-57-51(36-41)47-16-5-9-22-55(47)67(57)43-28-32-61-53(38-43)49-18-7-11-24-59(49)69-61/h1-38H. The van der Waals surface area contributed by atoms with E-state index in [1.807, 2.05) is 30.5 Å². The molecule has 69 heavy (non-hydrogen) atoms. The molecule has 0 aliphatic carbocycles. The molecule has 0 unspecified atom stereocenters. The van der Waals surface area contributed by atoms with Crippen LogP contribution in [0.15, 0.2) is 240 Å². The minimum atomic E-state index is 0.879. The van der Waals surface area contributed by atoms with Crippen LogP contribution in [0.2, 0.25) is 0 Å². The Hall–Kier alpha value is -9.39. The molecular formula is C63H38N4O2. The Labute approximate surface area is 394 Å². The predicted octanol–water partition coefficient (Wildman–Crippen LogP) is 16.9. The lowest BCUT2D eigenvalue weighted by Gasteiger charge is -2.19. The summed E-state index contributed by atoms with van der Waals surface area (Å²) in [4.78, 5) is 5.00. The number of aromatic nitrogens is 4. The molecule has 5 heterocycles. The van der Waals surface area contributed by atoms with Crippen molar-refractivity contribution in [2.24, 2.45) is 0 Å². The molecule has 0 amide bonds. The van der Waals surface area contributed by atoms with Crippen LogP contribution < -0.4 is 0 Å². The number of rotatable bonds is 6. The Bertz CT molecular complexity index is 4310. The van der Waals surface area contributed by atoms with Gasteiger partial charge in [0.2, 0.25) is 0 Å². The van der Waals surface area contributed by atoms with Gasteiger partial charge in [0.05, 0.1) is 27.8 Å². The molecule has 15 rings (SSSR count). The fraction of sp³-hybridized carbons (Fsp3) is 0. The van der Waals surface area contributed by atoms with E-state index >= 15 is 0 Å². The summed E-state index contributed by atoms with van der Waals surface area (Å²) in [5, 5.41) is 9.19. The SMILES string of the molecule is c1ccc(-c2nccn2-c2c(-c3ccc4c(c3)c3ccccc3n4-c3ccc4oc5ccccc5c4c3)cccc2-c2ccc3c(c2)c2ccccc2n3-c2ccc3oc4ccccc4c3c2)cc1. The fourth-order valence-electron chi connectivity index (χ4n) is 11.1. The Morgan fingerprint density at radius 2 is 0.783 bits per heavy atom. The number of hydrogen-bond acceptors (Lipinski definition) is 3. The van der Waals surface area contributed by atoms with E-state index in [2.05, 4.69) is 214 Å². The van der Waals surface area contributed by atoms with Crippen LogP contribution in [0.4, 0.5) is 0 Å². The minimum Gasteiger partial charge on any atom is -0.456 e. The van der Waals surface area contributed by atoms with Crippen LogP contribution in [0.1, 0.15) is 0 Å². The number of furan rings is 2. The Morgan fingerprint density at radius 1 is 0.319 bits per heavy atom. The van der Waals surface area contributed by atoms with Crippen molar-refractivity contribution in [3.63, 3.8) is 0 Å². The second-order valence-corrected chi connectivity index (χ2v) is 17.9. The van der Waals surface area contributed by atoms with E-state index < -0.39 is 0 Å². The van der Waals surface area contributed by atoms with Gasteiger partial charge in [-0.15, -0.1) is 0 Å². The number of imidazole rings is 1. The lowest BCUT2D eigenvalue weighted by Crippen LogP contribution is -2.02. The van der Waals surface area contributed by atoms with Gasteiger partial charge in [0.15, 0.2) is 0 Å². The fourth-order valence-corrected chi connectivity index (χ4v) is 11.1. The van der Waals surface area contributed by atoms with Gasteiger partial charge in [0, 0.05) is 83.5 Å². The number of benzene rings is 10. The summed E-state index contributed by atoms with van der Waals surface area (Å²) in [5.41, 5.74) is 16.9. The molecule has 6 nitrogen and oxygen atoms in total. The maximum atomic E-state index is 6.25. The third-order valence-electron chi connectivity index (χ3n) is 14.2. The molecule has 0 aliphatic heterocycles. The van der Waals surface area contributed by atoms with E-state index in [0.29, 0.717) is 0 Å². The average molecular weight is 883 g/mol. The van der Waals surface area contributed by atoms with Crippen LogP contribution >= 0.6 is 0 Å². The first-order valence-electron chi connectivity index (χ1n) is 23.3. The van der Waals surface area contributed by atoms with Gasteiger partial charge in [-0.05, 0) is 96.1 Å². The first-order valence-corrected chi connectivity index (χ1v) is 23.3. The summed E-state index contributed by atoms with van der Waals surface area (Å²) in [6.07, 6.45) is 4.02. The summed E-state index contributed by atoms with van der Waals surface area (Å²) >= 11 is 0. The zero-order valence-electron chi connectivity index (χ0n) is 37.0. The van der Waals surface area contributed by atoms with E-state index in [0.717, 1.165) is 117 Å². The molecule has 0 radical (unpaired) electrons. The van der Waals surface area contributed by atoms with E-state index in [4.69, 9.17) is 13.8 Å². The maximum Gasteiger partial charge on any atom is 0.144 e. The van der Waals surface area contributed by atoms with E-state index in [1.165, 1.54) is 21.5 Å². The smallest absolute Gasteiger partial charge is 0.144 e. The van der Waals surface area contributed by atoms with Gasteiger partial charge in [-0.25, -0.2) is 4.98 Å². The highest BCUT2D eigenvalue weighted by Crippen LogP contribution is 2.44. The average Bonchev–Trinajstić information content (AvgIpc) is 4.25. The molecule has 0 bridgehead atoms. The van der Waals surface area contributed by atoms with E-state index in [9.17, 15) is 0 Å². The molecule has 15 aromatic rings. The number of para-hydroxylation sites is 5. The Balaban J connectivity index is 0.940. The first-order chi connectivity index (χ1) is 34.2. The minimum absolute atomic E-state index is 0.879. The maximum absolute atomic E-state index is 6.25. The molecule has 10 aromatic carbocycles. The third-order valence-corrected chi connectivity index (χ3v) is 14.2. The molecule has 0 spiro atoms. The molecule has 0 aliphatic rings. The van der Waals surface area contributed by atoms with Gasteiger partial charge < -0.3 is 18.0 Å². The van der Waals surface area contributed by atoms with Crippen LogP contribution in [-0.4, -0.2) is 18.7 Å². The monoisotopic (exact) mass is 882 g/mol. The second kappa shape index (κ2) is 14.6. The molecule has 0 N–H and O–H groups in total. The summed E-state index contributed by atoms with van der Waals surface area (Å²) < 4.78 is 19.5. The van der Waals surface area contributed by atoms with Crippen molar-refractivity contribution in [3.8, 4) is 50.7 Å². The van der Waals surface area contributed by atoms with Crippen molar-refractivity contribution in [3.05, 3.63) is 231 Å². The highest BCUT2D eigenvalue weighted by molar-refractivity contribution is 6.14. The number of hydrogen-bond donors (Lipinski definition) is 0. The summed E-state index contributed by atoms with van der Waals surface area (Å²) in [7, 11) is 0. The van der Waals surface area contributed by atoms with Crippen molar-refractivity contribution in [1.82, 2.24) is 18.7 Å². The zero-order chi connectivity index (χ0) is 45.2. The van der Waals surface area contributed by atoms with Crippen LogP contribution in [0.3, 0.4) is 0 Å². The first kappa shape index (κ1) is 37.8. The number of fused-ring (bicyclic) bond motifs is 12. The lowest BCUT2D eigenvalue weighted by molar-refractivity contribution is 0.668. The summed E-state index contributed by atoms with van der Waals surface area (Å²) in [6.45, 7) is 0. The lowest BCUT2D eigenvalue weighted by atomic mass is 9.94. The molecule has 0 saturated heterocycles. The van der Waals surface area contributed by atoms with Crippen molar-refractivity contribution in [2.45, 2.75) is 0 Å². The highest BCUT2D eigenvalue weighted by atomic mass is 16.3. The van der Waals surface area contributed by atoms with Crippen LogP contribution in [0, 0.1) is 0 Å². The van der Waals surface area contributed by atoms with E-state index in [-0.39, 0.29) is 0 Å². The van der Waals surface area contributed by atoms with Gasteiger partial charge in [-0.1, -0.05) is 133 Å². The van der Waals surface area contributed by atoms with Crippen molar-refractivity contribution in [2.75, 3.05) is 0 Å². The van der Waals surface area contributed by atoms with Gasteiger partial charge >= 0.3 is 0 Å². The molecule has 322 valence electrons. The second-order valence-electron chi connectivity index (χ2n) is 17.9. The summed E-state index contributed by atoms with van der Waals surface area (Å²) in [5.74, 6) is 0.879. The van der Waals surface area contributed by atoms with Gasteiger partial charge in [-0.2, -0.15) is 0 Å². The summed E-state index contributed by atoms with van der Waals surface area (Å²) in [6, 6.07) is 78.2. The van der Waals surface area contributed by atoms with Gasteiger partial charge in [0.25, 0.3) is 0 Å².